The van der Waals surface area contributed by atoms with Gasteiger partial charge in [0.25, 0.3) is 0 Å². The van der Waals surface area contributed by atoms with Gasteiger partial charge < -0.3 is 22.3 Å². The molecule has 0 fully saturated rings. The molecule has 0 aliphatic rings. The van der Waals surface area contributed by atoms with E-state index in [1.165, 1.54) is 0 Å². The molecule has 0 spiro atoms. The van der Waals surface area contributed by atoms with Crippen molar-refractivity contribution in [3.8, 4) is 0 Å². The number of hydrogen-bond donors (Lipinski definition) is 0. The van der Waals surface area contributed by atoms with E-state index >= 15 is 0 Å². The third kappa shape index (κ3) is 2.63. The Kier molecular flexibility index (Phi) is 4.59. The number of hydrogen-bond acceptors (Lipinski definition) is 5. The second-order valence-corrected chi connectivity index (χ2v) is 14.0. The summed E-state index contributed by atoms with van der Waals surface area (Å²) in [7, 11) is -8.05. The zero-order valence-electron chi connectivity index (χ0n) is 5.04. The average Bonchev–Trinajstić information content (AvgIpc) is 2.00. The van der Waals surface area contributed by atoms with Crippen molar-refractivity contribution in [1.82, 2.24) is 0 Å². The molecule has 0 N–H and O–H groups in total. The highest BCUT2D eigenvalue weighted by atomic mass is 29.8. The smallest absolute Gasteiger partial charge is 0.525 e. The third-order valence-corrected chi connectivity index (χ3v) is 14.6. The Morgan fingerprint density at radius 2 is 1.80 bits per heavy atom. The molecule has 0 bridgehead atoms. The molecule has 0 heterocycles. The van der Waals surface area contributed by atoms with Crippen molar-refractivity contribution in [3.63, 3.8) is 0 Å². The SMILES string of the molecule is CO[Si](=O)[Si](=O)[Si](=O)[Si]=O. The summed E-state index contributed by atoms with van der Waals surface area (Å²) >= 11 is 0. The molecule has 0 rings (SSSR count). The Bertz CT molecular complexity index is 196. The Labute approximate surface area is 62.8 Å². The molecule has 53 valence electrons. The molecule has 0 saturated heterocycles. The lowest BCUT2D eigenvalue weighted by Crippen LogP contribution is -2.33. The monoisotopic (exact) mass is 207 g/mol. The molecule has 9 heteroatoms. The van der Waals surface area contributed by atoms with Crippen LogP contribution in [0.3, 0.4) is 0 Å². The minimum absolute atomic E-state index is 1.12. The first kappa shape index (κ1) is 9.87. The highest BCUT2D eigenvalue weighted by molar-refractivity contribution is 7.47. The highest BCUT2D eigenvalue weighted by Crippen LogP contribution is 1.70. The van der Waals surface area contributed by atoms with Crippen molar-refractivity contribution in [3.05, 3.63) is 0 Å². The lowest BCUT2D eigenvalue weighted by Gasteiger charge is -1.85. The molecule has 0 aromatic carbocycles. The fourth-order valence-electron chi connectivity index (χ4n) is 0.232. The van der Waals surface area contributed by atoms with Gasteiger partial charge in [0, 0.05) is 0 Å². The molecular formula is CH3O5Si4. The summed E-state index contributed by atoms with van der Waals surface area (Å²) in [5.41, 5.74) is 0. The molecule has 0 aliphatic heterocycles. The van der Waals surface area contributed by atoms with E-state index in [2.05, 4.69) is 4.43 Å². The Morgan fingerprint density at radius 3 is 2.10 bits per heavy atom. The van der Waals surface area contributed by atoms with Crippen LogP contribution in [-0.2, 0) is 22.3 Å². The molecule has 0 aromatic heterocycles. The van der Waals surface area contributed by atoms with E-state index < -0.39 is 32.8 Å². The molecule has 0 aliphatic carbocycles. The van der Waals surface area contributed by atoms with Crippen molar-refractivity contribution < 1.29 is 22.3 Å². The first-order chi connectivity index (χ1) is 4.63. The molecule has 0 saturated carbocycles. The second kappa shape index (κ2) is 4.65. The quantitative estimate of drug-likeness (QED) is 0.503. The maximum absolute atomic E-state index is 10.6. The van der Waals surface area contributed by atoms with E-state index in [1.807, 2.05) is 0 Å². The van der Waals surface area contributed by atoms with Crippen molar-refractivity contribution in [2.45, 2.75) is 0 Å². The van der Waals surface area contributed by atoms with Crippen molar-refractivity contribution in [2.24, 2.45) is 0 Å². The number of rotatable bonds is 4. The Balaban J connectivity index is 4.22. The summed E-state index contributed by atoms with van der Waals surface area (Å²) in [6, 6.07) is 0. The summed E-state index contributed by atoms with van der Waals surface area (Å²) in [6.45, 7) is 0. The molecule has 0 unspecified atom stereocenters. The van der Waals surface area contributed by atoms with Gasteiger partial charge in [0.1, 0.15) is 0 Å². The Hall–Kier alpha value is -0.132. The van der Waals surface area contributed by atoms with E-state index in [0.29, 0.717) is 0 Å². The van der Waals surface area contributed by atoms with E-state index in [0.717, 1.165) is 7.11 Å². The lowest BCUT2D eigenvalue weighted by atomic mass is 11.8. The van der Waals surface area contributed by atoms with Gasteiger partial charge in [0.15, 0.2) is 0 Å². The van der Waals surface area contributed by atoms with E-state index in [-0.39, 0.29) is 0 Å². The molecule has 0 aromatic rings. The van der Waals surface area contributed by atoms with Crippen LogP contribution in [0.4, 0.5) is 0 Å². The predicted octanol–water partition coefficient (Wildman–Crippen LogP) is -1.90. The average molecular weight is 207 g/mol. The highest BCUT2D eigenvalue weighted by Gasteiger charge is 2.32. The minimum Gasteiger partial charge on any atom is -0.525 e. The van der Waals surface area contributed by atoms with Crippen LogP contribution < -0.4 is 0 Å². The topological polar surface area (TPSA) is 77.5 Å². The molecule has 5 nitrogen and oxygen atoms in total. The molecular weight excluding hydrogens is 204 g/mol. The van der Waals surface area contributed by atoms with Crippen LogP contribution in [0.25, 0.3) is 0 Å². The lowest BCUT2D eigenvalue weighted by molar-refractivity contribution is 0.377. The van der Waals surface area contributed by atoms with Gasteiger partial charge in [-0.2, -0.15) is 0 Å². The fourth-order valence-corrected chi connectivity index (χ4v) is 9.64. The van der Waals surface area contributed by atoms with Gasteiger partial charge in [0.05, 0.1) is 7.11 Å². The fraction of sp³-hybridized carbons (Fsp3) is 1.00. The summed E-state index contributed by atoms with van der Waals surface area (Å²) in [5, 5.41) is 0. The molecule has 0 atom stereocenters. The minimum atomic E-state index is -2.73. The van der Waals surface area contributed by atoms with Gasteiger partial charge in [-0.15, -0.1) is 0 Å². The van der Waals surface area contributed by atoms with Crippen LogP contribution in [0.15, 0.2) is 0 Å². The van der Waals surface area contributed by atoms with Crippen molar-refractivity contribution in [2.75, 3.05) is 7.11 Å². The maximum Gasteiger partial charge on any atom is 0.546 e. The van der Waals surface area contributed by atoms with Crippen LogP contribution in [0.5, 0.6) is 0 Å². The third-order valence-electron chi connectivity index (χ3n) is 0.670. The summed E-state index contributed by atoms with van der Waals surface area (Å²) in [5.74, 6) is 0. The van der Waals surface area contributed by atoms with Gasteiger partial charge >= 0.3 is 32.8 Å². The van der Waals surface area contributed by atoms with Gasteiger partial charge in [-0.25, -0.2) is 0 Å². The van der Waals surface area contributed by atoms with Crippen LogP contribution in [0, 0.1) is 0 Å². The molecule has 1 radical (unpaired) electrons. The zero-order chi connectivity index (χ0) is 8.15. The van der Waals surface area contributed by atoms with Gasteiger partial charge in [-0.3, -0.25) is 0 Å². The van der Waals surface area contributed by atoms with E-state index in [1.54, 1.807) is 0 Å². The van der Waals surface area contributed by atoms with Gasteiger partial charge in [0.2, 0.25) is 0 Å². The summed E-state index contributed by atoms with van der Waals surface area (Å²) in [6.07, 6.45) is 0. The molecule has 10 heavy (non-hydrogen) atoms. The van der Waals surface area contributed by atoms with Crippen molar-refractivity contribution in [1.29, 1.82) is 0 Å². The Morgan fingerprint density at radius 1 is 1.30 bits per heavy atom. The zero-order valence-corrected chi connectivity index (χ0v) is 9.04. The summed E-state index contributed by atoms with van der Waals surface area (Å²) < 4.78 is 45.7. The normalized spacial score (nSPS) is 8.10. The standard InChI is InChI=1S/CH3O5Si4/c1-6-8(3)10(5)9(4)7-2/h1H3. The van der Waals surface area contributed by atoms with E-state index in [4.69, 9.17) is 0 Å². The van der Waals surface area contributed by atoms with E-state index in [9.17, 15) is 17.8 Å². The first-order valence-corrected chi connectivity index (χ1v) is 10.2. The van der Waals surface area contributed by atoms with Gasteiger partial charge in [-0.05, 0) is 0 Å². The predicted molar refractivity (Wildman–Crippen MR) is 32.8 cm³/mol. The maximum atomic E-state index is 10.6. The van der Waals surface area contributed by atoms with Crippen LogP contribution in [0.1, 0.15) is 0 Å². The first-order valence-electron chi connectivity index (χ1n) is 2.18. The second-order valence-electron chi connectivity index (χ2n) is 1.25. The van der Waals surface area contributed by atoms with Crippen LogP contribution >= 0.6 is 0 Å². The summed E-state index contributed by atoms with van der Waals surface area (Å²) in [4.78, 5) is 0. The van der Waals surface area contributed by atoms with Crippen LogP contribution in [0.2, 0.25) is 0 Å². The van der Waals surface area contributed by atoms with Gasteiger partial charge in [-0.1, -0.05) is 0 Å². The van der Waals surface area contributed by atoms with Crippen molar-refractivity contribution >= 4 is 32.8 Å². The molecule has 0 amide bonds. The largest absolute Gasteiger partial charge is 0.546 e. The van der Waals surface area contributed by atoms with Crippen LogP contribution in [-0.4, -0.2) is 39.9 Å².